The van der Waals surface area contributed by atoms with Crippen molar-refractivity contribution in [2.75, 3.05) is 5.08 Å². The molecule has 0 amide bonds. The molecule has 15 heavy (non-hydrogen) atoms. The van der Waals surface area contributed by atoms with Crippen LogP contribution in [0.15, 0.2) is 47.2 Å². The Hall–Kier alpha value is -1.14. The largest absolute Gasteiger partial charge is 0.223 e. The first-order chi connectivity index (χ1) is 6.87. The molecule has 0 heterocycles. The lowest BCUT2D eigenvalue weighted by Gasteiger charge is -2.02. The van der Waals surface area contributed by atoms with Gasteiger partial charge in [-0.05, 0) is 12.1 Å². The van der Waals surface area contributed by atoms with Gasteiger partial charge in [0.05, 0.1) is 4.90 Å². The zero-order valence-electron chi connectivity index (χ0n) is 7.83. The molecule has 0 aliphatic carbocycles. The van der Waals surface area contributed by atoms with Crippen molar-refractivity contribution in [2.24, 2.45) is 0 Å². The molecule has 1 aromatic rings. The van der Waals surface area contributed by atoms with Gasteiger partial charge in [-0.1, -0.05) is 24.8 Å². The summed E-state index contributed by atoms with van der Waals surface area (Å²) in [5, 5.41) is -0.291. The number of hydrogen-bond donors (Lipinski definition) is 0. The average Bonchev–Trinajstić information content (AvgIpc) is 2.18. The van der Waals surface area contributed by atoms with Gasteiger partial charge in [0.2, 0.25) is 0 Å². The number of sulfone groups is 2. The van der Waals surface area contributed by atoms with Crippen LogP contribution in [0.3, 0.4) is 0 Å². The molecule has 0 unspecified atom stereocenters. The molecule has 0 saturated carbocycles. The molecule has 6 heteroatoms. The summed E-state index contributed by atoms with van der Waals surface area (Å²) in [5.74, 6) is 0. The second-order valence-electron chi connectivity index (χ2n) is 2.88. The Balaban J connectivity index is 3.12. The first kappa shape index (κ1) is 11.9. The molecule has 82 valence electrons. The lowest BCUT2D eigenvalue weighted by atomic mass is 10.4. The maximum Gasteiger partial charge on any atom is 0.193 e. The van der Waals surface area contributed by atoms with Gasteiger partial charge < -0.3 is 0 Å². The zero-order chi connectivity index (χ0) is 11.5. The van der Waals surface area contributed by atoms with E-state index in [0.717, 1.165) is 0 Å². The van der Waals surface area contributed by atoms with Crippen molar-refractivity contribution in [3.8, 4) is 0 Å². The van der Waals surface area contributed by atoms with Crippen LogP contribution in [0.25, 0.3) is 0 Å². The molecule has 0 aromatic heterocycles. The van der Waals surface area contributed by atoms with E-state index >= 15 is 0 Å². The Bertz CT molecular complexity index is 541. The minimum Gasteiger partial charge on any atom is -0.223 e. The molecule has 1 rings (SSSR count). The van der Waals surface area contributed by atoms with Gasteiger partial charge in [-0.3, -0.25) is 0 Å². The fourth-order valence-corrected chi connectivity index (χ4v) is 4.19. The van der Waals surface area contributed by atoms with Crippen LogP contribution in [-0.4, -0.2) is 21.9 Å². The molecule has 0 atom stereocenters. The van der Waals surface area contributed by atoms with Crippen molar-refractivity contribution in [3.63, 3.8) is 0 Å². The molecule has 0 saturated heterocycles. The van der Waals surface area contributed by atoms with Crippen molar-refractivity contribution >= 4 is 19.7 Å². The van der Waals surface area contributed by atoms with Gasteiger partial charge >= 0.3 is 0 Å². The van der Waals surface area contributed by atoms with Crippen molar-refractivity contribution < 1.29 is 16.8 Å². The highest BCUT2D eigenvalue weighted by Crippen LogP contribution is 2.12. The maximum absolute atomic E-state index is 11.6. The summed E-state index contributed by atoms with van der Waals surface area (Å²) in [5.41, 5.74) is 0. The molecule has 0 radical (unpaired) electrons. The van der Waals surface area contributed by atoms with Crippen molar-refractivity contribution in [1.29, 1.82) is 0 Å². The van der Waals surface area contributed by atoms with Gasteiger partial charge in [0.1, 0.15) is 0 Å². The Morgan fingerprint density at radius 2 is 1.60 bits per heavy atom. The third kappa shape index (κ3) is 3.17. The molecular weight excluding hydrogens is 236 g/mol. The molecule has 1 aromatic carbocycles. The summed E-state index contributed by atoms with van der Waals surface area (Å²) in [4.78, 5) is -0.00424. The van der Waals surface area contributed by atoms with Crippen LogP contribution in [0.4, 0.5) is 0 Å². The molecule has 0 fully saturated rings. The zero-order valence-corrected chi connectivity index (χ0v) is 9.46. The van der Waals surface area contributed by atoms with Crippen molar-refractivity contribution in [2.45, 2.75) is 4.90 Å². The molecule has 4 nitrogen and oxygen atoms in total. The fourth-order valence-electron chi connectivity index (χ4n) is 0.960. The smallest absolute Gasteiger partial charge is 0.193 e. The Kier molecular flexibility index (Phi) is 3.31. The third-order valence-corrected chi connectivity index (χ3v) is 5.73. The Morgan fingerprint density at radius 3 is 2.07 bits per heavy atom. The van der Waals surface area contributed by atoms with E-state index in [0.29, 0.717) is 5.41 Å². The van der Waals surface area contributed by atoms with E-state index in [9.17, 15) is 16.8 Å². The third-order valence-electron chi connectivity index (χ3n) is 1.68. The summed E-state index contributed by atoms with van der Waals surface area (Å²) in [7, 11) is -7.54. The summed E-state index contributed by atoms with van der Waals surface area (Å²) >= 11 is 0. The van der Waals surface area contributed by atoms with Crippen molar-refractivity contribution in [1.82, 2.24) is 0 Å². The summed E-state index contributed by atoms with van der Waals surface area (Å²) < 4.78 is 45.3. The normalized spacial score (nSPS) is 12.3. The highest BCUT2D eigenvalue weighted by atomic mass is 32.3. The topological polar surface area (TPSA) is 68.3 Å². The summed E-state index contributed by atoms with van der Waals surface area (Å²) in [6, 6.07) is 7.43. The molecule has 0 N–H and O–H groups in total. The van der Waals surface area contributed by atoms with Gasteiger partial charge in [0.15, 0.2) is 24.8 Å². The Labute approximate surface area is 89.1 Å². The first-order valence-corrected chi connectivity index (χ1v) is 7.37. The lowest BCUT2D eigenvalue weighted by Crippen LogP contribution is -2.14. The van der Waals surface area contributed by atoms with Crippen LogP contribution < -0.4 is 0 Å². The van der Waals surface area contributed by atoms with E-state index in [1.54, 1.807) is 6.07 Å². The van der Waals surface area contributed by atoms with E-state index in [1.807, 2.05) is 0 Å². The van der Waals surface area contributed by atoms with Gasteiger partial charge in [0.25, 0.3) is 0 Å². The quantitative estimate of drug-likeness (QED) is 0.794. The molecule has 0 spiro atoms. The standard InChI is InChI=1S/C9H10O4S2/c1-2-14(10,11)8-15(12,13)9-6-4-3-5-7-9/h2-7H,1,8H2. The molecule has 0 bridgehead atoms. The molecule has 0 aliphatic rings. The number of rotatable bonds is 4. The summed E-state index contributed by atoms with van der Waals surface area (Å²) in [6.07, 6.45) is 0. The van der Waals surface area contributed by atoms with Gasteiger partial charge in [0, 0.05) is 5.41 Å². The summed E-state index contributed by atoms with van der Waals surface area (Å²) in [6.45, 7) is 3.06. The molecule has 0 aliphatic heterocycles. The Morgan fingerprint density at radius 1 is 1.07 bits per heavy atom. The maximum atomic E-state index is 11.6. The van der Waals surface area contributed by atoms with Gasteiger partial charge in [-0.15, -0.1) is 0 Å². The SMILES string of the molecule is C=CS(=O)(=O)CS(=O)(=O)c1ccccc1. The minimum atomic E-state index is -3.79. The van der Waals surface area contributed by atoms with Crippen LogP contribution >= 0.6 is 0 Å². The van der Waals surface area contributed by atoms with Crippen molar-refractivity contribution in [3.05, 3.63) is 42.3 Å². The first-order valence-electron chi connectivity index (χ1n) is 4.00. The highest BCUT2D eigenvalue weighted by molar-refractivity contribution is 8.09. The van der Waals surface area contributed by atoms with E-state index in [2.05, 4.69) is 6.58 Å². The van der Waals surface area contributed by atoms with E-state index in [-0.39, 0.29) is 4.90 Å². The van der Waals surface area contributed by atoms with Gasteiger partial charge in [-0.2, -0.15) is 0 Å². The second kappa shape index (κ2) is 4.16. The predicted octanol–water partition coefficient (Wildman–Crippen LogP) is 0.976. The van der Waals surface area contributed by atoms with Gasteiger partial charge in [-0.25, -0.2) is 16.8 Å². The molecular formula is C9H10O4S2. The van der Waals surface area contributed by atoms with E-state index in [4.69, 9.17) is 0 Å². The fraction of sp³-hybridized carbons (Fsp3) is 0.111. The van der Waals surface area contributed by atoms with Crippen LogP contribution in [0.2, 0.25) is 0 Å². The number of benzene rings is 1. The van der Waals surface area contributed by atoms with Crippen LogP contribution in [-0.2, 0) is 19.7 Å². The average molecular weight is 246 g/mol. The highest BCUT2D eigenvalue weighted by Gasteiger charge is 2.21. The second-order valence-corrected chi connectivity index (χ2v) is 7.18. The van der Waals surface area contributed by atoms with Crippen LogP contribution in [0.5, 0.6) is 0 Å². The van der Waals surface area contributed by atoms with E-state index < -0.39 is 24.8 Å². The minimum absolute atomic E-state index is 0.00424. The lowest BCUT2D eigenvalue weighted by molar-refractivity contribution is 0.593. The van der Waals surface area contributed by atoms with Crippen LogP contribution in [0.1, 0.15) is 0 Å². The monoisotopic (exact) mass is 246 g/mol. The number of hydrogen-bond acceptors (Lipinski definition) is 4. The predicted molar refractivity (Wildman–Crippen MR) is 57.6 cm³/mol. The van der Waals surface area contributed by atoms with E-state index in [1.165, 1.54) is 24.3 Å². The van der Waals surface area contributed by atoms with Crippen LogP contribution in [0, 0.1) is 0 Å².